The van der Waals surface area contributed by atoms with Crippen molar-refractivity contribution in [2.75, 3.05) is 19.8 Å². The van der Waals surface area contributed by atoms with E-state index in [1.165, 1.54) is 57.8 Å². The highest BCUT2D eigenvalue weighted by Gasteiger charge is 2.13. The van der Waals surface area contributed by atoms with Gasteiger partial charge in [-0.1, -0.05) is 139 Å². The number of hydrogen-bond donors (Lipinski definition) is 1. The Balaban J connectivity index is 3.58. The molecule has 236 valence electrons. The third-order valence-corrected chi connectivity index (χ3v) is 6.86. The second-order valence-electron chi connectivity index (χ2n) is 10.9. The number of rotatable bonds is 30. The van der Waals surface area contributed by atoms with Crippen molar-refractivity contribution in [2.24, 2.45) is 0 Å². The maximum absolute atomic E-state index is 12.1. The zero-order valence-electron chi connectivity index (χ0n) is 26.8. The minimum absolute atomic E-state index is 0.187. The van der Waals surface area contributed by atoms with Gasteiger partial charge in [-0.05, 0) is 57.8 Å². The zero-order valence-corrected chi connectivity index (χ0v) is 26.8. The van der Waals surface area contributed by atoms with Gasteiger partial charge < -0.3 is 14.6 Å². The highest BCUT2D eigenvalue weighted by Crippen LogP contribution is 2.11. The molecule has 0 bridgehead atoms. The summed E-state index contributed by atoms with van der Waals surface area (Å²) in [5, 5.41) is 9.51. The Kier molecular flexibility index (Phi) is 32.7. The molecule has 0 heterocycles. The SMILES string of the molecule is CC/C=C\C/C=C\C/C=C\C/C=C\C/C=C\CCCCCC(=O)OC(CO)COCCCCCCCCCCCC. The number of hydrogen-bond acceptors (Lipinski definition) is 4. The predicted molar refractivity (Wildman–Crippen MR) is 177 cm³/mol. The van der Waals surface area contributed by atoms with E-state index in [4.69, 9.17) is 9.47 Å². The standard InChI is InChI=1S/C37H64O4/c1-3-5-7-9-11-13-15-16-17-18-19-20-21-22-23-24-26-28-30-32-37(39)41-36(34-38)35-40-33-31-29-27-25-14-12-10-8-6-4-2/h5,7,11,13,16-17,19-20,22-23,36,38H,3-4,6,8-10,12,14-15,18,21,24-35H2,1-2H3/b7-5-,13-11-,17-16-,20-19-,23-22-. The lowest BCUT2D eigenvalue weighted by molar-refractivity contribution is -0.154. The third kappa shape index (κ3) is 32.5. The first kappa shape index (κ1) is 39.1. The van der Waals surface area contributed by atoms with Gasteiger partial charge in [-0.2, -0.15) is 0 Å². The molecule has 0 aliphatic heterocycles. The van der Waals surface area contributed by atoms with Crippen LogP contribution in [0.2, 0.25) is 0 Å². The van der Waals surface area contributed by atoms with Gasteiger partial charge in [-0.15, -0.1) is 0 Å². The van der Waals surface area contributed by atoms with Gasteiger partial charge in [0, 0.05) is 13.0 Å². The van der Waals surface area contributed by atoms with Crippen molar-refractivity contribution in [3.8, 4) is 0 Å². The van der Waals surface area contributed by atoms with Gasteiger partial charge >= 0.3 is 5.97 Å². The molecule has 1 unspecified atom stereocenters. The highest BCUT2D eigenvalue weighted by molar-refractivity contribution is 5.69. The van der Waals surface area contributed by atoms with Crippen LogP contribution >= 0.6 is 0 Å². The van der Waals surface area contributed by atoms with E-state index in [9.17, 15) is 9.90 Å². The summed E-state index contributed by atoms with van der Waals surface area (Å²) in [6.07, 6.45) is 43.9. The van der Waals surface area contributed by atoms with Crippen molar-refractivity contribution in [3.63, 3.8) is 0 Å². The summed E-state index contributed by atoms with van der Waals surface area (Å²) in [6.45, 7) is 5.17. The second kappa shape index (κ2) is 34.3. The third-order valence-electron chi connectivity index (χ3n) is 6.86. The van der Waals surface area contributed by atoms with Crippen LogP contribution in [0, 0.1) is 0 Å². The van der Waals surface area contributed by atoms with Gasteiger partial charge in [0.2, 0.25) is 0 Å². The summed E-state index contributed by atoms with van der Waals surface area (Å²) in [5.41, 5.74) is 0. The molecule has 0 amide bonds. The first-order chi connectivity index (χ1) is 20.2. The minimum Gasteiger partial charge on any atom is -0.457 e. The van der Waals surface area contributed by atoms with Crippen molar-refractivity contribution in [3.05, 3.63) is 60.8 Å². The maximum atomic E-state index is 12.1. The fourth-order valence-corrected chi connectivity index (χ4v) is 4.35. The van der Waals surface area contributed by atoms with Crippen molar-refractivity contribution in [1.82, 2.24) is 0 Å². The van der Waals surface area contributed by atoms with Gasteiger partial charge in [0.25, 0.3) is 0 Å². The largest absolute Gasteiger partial charge is 0.457 e. The van der Waals surface area contributed by atoms with Gasteiger partial charge in [0.1, 0.15) is 6.10 Å². The molecule has 0 saturated heterocycles. The first-order valence-corrected chi connectivity index (χ1v) is 16.9. The molecule has 1 N–H and O–H groups in total. The number of ether oxygens (including phenoxy) is 2. The number of esters is 1. The zero-order chi connectivity index (χ0) is 29.9. The Bertz CT molecular complexity index is 689. The molecule has 0 fully saturated rings. The number of aliphatic hydroxyl groups is 1. The molecular formula is C37H64O4. The van der Waals surface area contributed by atoms with Crippen LogP contribution in [0.4, 0.5) is 0 Å². The van der Waals surface area contributed by atoms with Gasteiger partial charge in [-0.25, -0.2) is 0 Å². The van der Waals surface area contributed by atoms with Crippen LogP contribution < -0.4 is 0 Å². The Morgan fingerprint density at radius 2 is 1.10 bits per heavy atom. The number of carbonyl (C=O) groups excluding carboxylic acids is 1. The summed E-state index contributed by atoms with van der Waals surface area (Å²) in [6, 6.07) is 0. The lowest BCUT2D eigenvalue weighted by atomic mass is 10.1. The lowest BCUT2D eigenvalue weighted by Crippen LogP contribution is -2.27. The fourth-order valence-electron chi connectivity index (χ4n) is 4.35. The molecule has 0 saturated carbocycles. The normalized spacial score (nSPS) is 13.1. The van der Waals surface area contributed by atoms with E-state index in [1.54, 1.807) is 0 Å². The summed E-state index contributed by atoms with van der Waals surface area (Å²) >= 11 is 0. The Morgan fingerprint density at radius 1 is 0.610 bits per heavy atom. The average molecular weight is 573 g/mol. The Morgan fingerprint density at radius 3 is 1.63 bits per heavy atom. The molecule has 1 atom stereocenters. The summed E-state index contributed by atoms with van der Waals surface area (Å²) in [5.74, 6) is -0.235. The molecule has 0 radical (unpaired) electrons. The lowest BCUT2D eigenvalue weighted by Gasteiger charge is -2.15. The van der Waals surface area contributed by atoms with E-state index >= 15 is 0 Å². The summed E-state index contributed by atoms with van der Waals surface area (Å²) in [7, 11) is 0. The molecule has 0 aromatic carbocycles. The molecule has 0 aromatic heterocycles. The van der Waals surface area contributed by atoms with Crippen molar-refractivity contribution >= 4 is 5.97 Å². The molecule has 41 heavy (non-hydrogen) atoms. The molecule has 4 heteroatoms. The molecule has 0 aromatic rings. The number of carbonyl (C=O) groups is 1. The number of aliphatic hydroxyl groups excluding tert-OH is 1. The van der Waals surface area contributed by atoms with Gasteiger partial charge in [0.15, 0.2) is 0 Å². The van der Waals surface area contributed by atoms with E-state index < -0.39 is 6.10 Å². The molecular weight excluding hydrogens is 508 g/mol. The number of unbranched alkanes of at least 4 members (excludes halogenated alkanes) is 12. The van der Waals surface area contributed by atoms with Crippen molar-refractivity contribution in [1.29, 1.82) is 0 Å². The predicted octanol–water partition coefficient (Wildman–Crippen LogP) is 10.5. The quantitative estimate of drug-likeness (QED) is 0.0528. The second-order valence-corrected chi connectivity index (χ2v) is 10.9. The maximum Gasteiger partial charge on any atom is 0.306 e. The number of allylic oxidation sites excluding steroid dienone is 10. The first-order valence-electron chi connectivity index (χ1n) is 16.9. The van der Waals surface area contributed by atoms with Crippen molar-refractivity contribution < 1.29 is 19.4 Å². The molecule has 4 nitrogen and oxygen atoms in total. The van der Waals surface area contributed by atoms with Crippen LogP contribution in [-0.4, -0.2) is 37.0 Å². The van der Waals surface area contributed by atoms with Crippen LogP contribution in [0.1, 0.15) is 142 Å². The highest BCUT2D eigenvalue weighted by atomic mass is 16.6. The Hall–Kier alpha value is -1.91. The van der Waals surface area contributed by atoms with E-state index in [1.807, 2.05) is 0 Å². The van der Waals surface area contributed by atoms with Crippen LogP contribution in [0.25, 0.3) is 0 Å². The summed E-state index contributed by atoms with van der Waals surface area (Å²) in [4.78, 5) is 12.1. The molecule has 0 aliphatic rings. The van der Waals surface area contributed by atoms with E-state index in [0.717, 1.165) is 64.2 Å². The monoisotopic (exact) mass is 572 g/mol. The van der Waals surface area contributed by atoms with Crippen LogP contribution in [0.3, 0.4) is 0 Å². The van der Waals surface area contributed by atoms with Crippen molar-refractivity contribution in [2.45, 2.75) is 148 Å². The minimum atomic E-state index is -0.549. The van der Waals surface area contributed by atoms with Crippen LogP contribution in [-0.2, 0) is 14.3 Å². The van der Waals surface area contributed by atoms with Gasteiger partial charge in [0.05, 0.1) is 13.2 Å². The van der Waals surface area contributed by atoms with E-state index in [0.29, 0.717) is 13.0 Å². The summed E-state index contributed by atoms with van der Waals surface area (Å²) < 4.78 is 11.0. The average Bonchev–Trinajstić information content (AvgIpc) is 2.98. The molecule has 0 spiro atoms. The Labute approximate surface area is 254 Å². The smallest absolute Gasteiger partial charge is 0.306 e. The van der Waals surface area contributed by atoms with Gasteiger partial charge in [-0.3, -0.25) is 4.79 Å². The topological polar surface area (TPSA) is 55.8 Å². The van der Waals surface area contributed by atoms with Crippen LogP contribution in [0.5, 0.6) is 0 Å². The fraction of sp³-hybridized carbons (Fsp3) is 0.703. The van der Waals surface area contributed by atoms with E-state index in [2.05, 4.69) is 74.6 Å². The van der Waals surface area contributed by atoms with Crippen LogP contribution in [0.15, 0.2) is 60.8 Å². The van der Waals surface area contributed by atoms with E-state index in [-0.39, 0.29) is 19.2 Å². The molecule has 0 rings (SSSR count). The molecule has 0 aliphatic carbocycles.